The molecule has 2 aromatic carbocycles. The Morgan fingerprint density at radius 2 is 1.71 bits per heavy atom. The molecule has 3 rings (SSSR count). The summed E-state index contributed by atoms with van der Waals surface area (Å²) in [6, 6.07) is 16.3. The summed E-state index contributed by atoms with van der Waals surface area (Å²) < 4.78 is 4.69. The van der Waals surface area contributed by atoms with E-state index in [1.807, 2.05) is 42.2 Å². The van der Waals surface area contributed by atoms with Crippen molar-refractivity contribution in [1.82, 2.24) is 9.97 Å². The summed E-state index contributed by atoms with van der Waals surface area (Å²) in [7, 11) is 1.31. The molecular formula is C21H20N4O3. The first-order chi connectivity index (χ1) is 13.6. The van der Waals surface area contributed by atoms with Gasteiger partial charge in [-0.05, 0) is 37.3 Å². The molecule has 1 N–H and O–H groups in total. The van der Waals surface area contributed by atoms with Crippen molar-refractivity contribution in [2.75, 3.05) is 23.9 Å². The number of methoxy groups -OCH3 is 1. The van der Waals surface area contributed by atoms with Crippen LogP contribution in [0.15, 0.2) is 67.0 Å². The number of amides is 1. The first kappa shape index (κ1) is 19.0. The lowest BCUT2D eigenvalue weighted by Crippen LogP contribution is -2.20. The van der Waals surface area contributed by atoms with Crippen molar-refractivity contribution in [3.05, 3.63) is 78.1 Å². The summed E-state index contributed by atoms with van der Waals surface area (Å²) in [6.07, 6.45) is 2.96. The summed E-state index contributed by atoms with van der Waals surface area (Å²) in [5.41, 5.74) is 2.13. The van der Waals surface area contributed by atoms with Gasteiger partial charge in [-0.1, -0.05) is 24.3 Å². The zero-order valence-electron chi connectivity index (χ0n) is 15.6. The van der Waals surface area contributed by atoms with Gasteiger partial charge in [-0.2, -0.15) is 0 Å². The predicted octanol–water partition coefficient (Wildman–Crippen LogP) is 3.67. The van der Waals surface area contributed by atoms with E-state index in [-0.39, 0.29) is 5.91 Å². The van der Waals surface area contributed by atoms with Crippen molar-refractivity contribution in [3.8, 4) is 0 Å². The topological polar surface area (TPSA) is 84.4 Å². The largest absolute Gasteiger partial charge is 0.465 e. The highest BCUT2D eigenvalue weighted by molar-refractivity contribution is 6.04. The van der Waals surface area contributed by atoms with E-state index in [1.54, 1.807) is 24.3 Å². The molecule has 0 aliphatic heterocycles. The van der Waals surface area contributed by atoms with Gasteiger partial charge in [0.1, 0.15) is 0 Å². The highest BCUT2D eigenvalue weighted by atomic mass is 16.5. The van der Waals surface area contributed by atoms with Gasteiger partial charge < -0.3 is 15.0 Å². The highest BCUT2D eigenvalue weighted by Crippen LogP contribution is 2.21. The number of para-hydroxylation sites is 1. The molecule has 7 nitrogen and oxygen atoms in total. The molecule has 0 saturated carbocycles. The van der Waals surface area contributed by atoms with E-state index in [0.29, 0.717) is 29.3 Å². The van der Waals surface area contributed by atoms with E-state index in [0.717, 1.165) is 5.69 Å². The van der Waals surface area contributed by atoms with E-state index in [1.165, 1.54) is 19.5 Å². The monoisotopic (exact) mass is 376 g/mol. The Hall–Kier alpha value is -3.74. The van der Waals surface area contributed by atoms with E-state index >= 15 is 0 Å². The number of ether oxygens (including phenoxy) is 1. The minimum absolute atomic E-state index is 0.316. The maximum Gasteiger partial charge on any atom is 0.337 e. The number of benzene rings is 2. The second kappa shape index (κ2) is 8.77. The van der Waals surface area contributed by atoms with Gasteiger partial charge in [0.2, 0.25) is 5.95 Å². The molecule has 0 spiro atoms. The number of anilines is 3. The minimum Gasteiger partial charge on any atom is -0.465 e. The summed E-state index contributed by atoms with van der Waals surface area (Å²) >= 11 is 0. The van der Waals surface area contributed by atoms with Crippen LogP contribution in [0.4, 0.5) is 17.3 Å². The number of nitrogens with one attached hydrogen (secondary N) is 1. The average molecular weight is 376 g/mol. The van der Waals surface area contributed by atoms with Crippen molar-refractivity contribution in [2.45, 2.75) is 6.92 Å². The smallest absolute Gasteiger partial charge is 0.337 e. The molecule has 0 saturated heterocycles. The van der Waals surface area contributed by atoms with E-state index in [9.17, 15) is 9.59 Å². The average Bonchev–Trinajstić information content (AvgIpc) is 2.75. The molecule has 0 radical (unpaired) electrons. The van der Waals surface area contributed by atoms with Crippen LogP contribution in [0.25, 0.3) is 0 Å². The minimum atomic E-state index is -0.468. The number of carbonyl (C=O) groups is 2. The number of esters is 1. The molecule has 1 aromatic heterocycles. The van der Waals surface area contributed by atoms with Gasteiger partial charge in [-0.25, -0.2) is 14.8 Å². The molecule has 28 heavy (non-hydrogen) atoms. The van der Waals surface area contributed by atoms with Crippen LogP contribution in [0, 0.1) is 0 Å². The van der Waals surface area contributed by atoms with Gasteiger partial charge in [-0.3, -0.25) is 4.79 Å². The molecule has 3 aromatic rings. The van der Waals surface area contributed by atoms with Gasteiger partial charge in [0, 0.05) is 30.3 Å². The summed E-state index contributed by atoms with van der Waals surface area (Å²) in [4.78, 5) is 34.7. The van der Waals surface area contributed by atoms with Crippen LogP contribution < -0.4 is 10.2 Å². The number of carbonyl (C=O) groups excluding carboxylic acids is 2. The molecule has 1 amide bonds. The molecule has 0 bridgehead atoms. The van der Waals surface area contributed by atoms with Crippen molar-refractivity contribution < 1.29 is 14.3 Å². The fourth-order valence-electron chi connectivity index (χ4n) is 2.67. The van der Waals surface area contributed by atoms with E-state index < -0.39 is 5.97 Å². The molecule has 0 atom stereocenters. The van der Waals surface area contributed by atoms with Crippen LogP contribution in [-0.4, -0.2) is 35.5 Å². The normalized spacial score (nSPS) is 10.2. The van der Waals surface area contributed by atoms with Gasteiger partial charge >= 0.3 is 5.97 Å². The van der Waals surface area contributed by atoms with Gasteiger partial charge in [0.15, 0.2) is 0 Å². The van der Waals surface area contributed by atoms with Crippen molar-refractivity contribution in [3.63, 3.8) is 0 Å². The first-order valence-corrected chi connectivity index (χ1v) is 8.76. The van der Waals surface area contributed by atoms with Crippen LogP contribution in [0.1, 0.15) is 27.6 Å². The molecule has 1 heterocycles. The van der Waals surface area contributed by atoms with Crippen LogP contribution in [-0.2, 0) is 4.74 Å². The number of nitrogens with zero attached hydrogens (tertiary/aromatic N) is 3. The quantitative estimate of drug-likeness (QED) is 0.661. The van der Waals surface area contributed by atoms with Crippen molar-refractivity contribution in [1.29, 1.82) is 0 Å². The van der Waals surface area contributed by atoms with Crippen LogP contribution >= 0.6 is 0 Å². The Kier molecular flexibility index (Phi) is 5.96. The van der Waals surface area contributed by atoms with Crippen LogP contribution in [0.5, 0.6) is 0 Å². The molecule has 7 heteroatoms. The predicted molar refractivity (Wildman–Crippen MR) is 107 cm³/mol. The van der Waals surface area contributed by atoms with E-state index in [4.69, 9.17) is 0 Å². The molecule has 0 aliphatic carbocycles. The van der Waals surface area contributed by atoms with Gasteiger partial charge in [0.05, 0.1) is 18.2 Å². The molecule has 142 valence electrons. The maximum atomic E-state index is 12.5. The zero-order chi connectivity index (χ0) is 19.9. The zero-order valence-corrected chi connectivity index (χ0v) is 15.6. The highest BCUT2D eigenvalue weighted by Gasteiger charge is 2.13. The maximum absolute atomic E-state index is 12.5. The lowest BCUT2D eigenvalue weighted by atomic mass is 10.2. The molecule has 0 aliphatic rings. The second-order valence-corrected chi connectivity index (χ2v) is 5.88. The second-order valence-electron chi connectivity index (χ2n) is 5.88. The van der Waals surface area contributed by atoms with Crippen LogP contribution in [0.3, 0.4) is 0 Å². The SMILES string of the molecule is CCN(c1ccccc1)c1ncc(C(=O)Nc2cccc(C(=O)OC)c2)cn1. The third-order valence-electron chi connectivity index (χ3n) is 4.07. The number of hydrogen-bond acceptors (Lipinski definition) is 6. The van der Waals surface area contributed by atoms with Crippen molar-refractivity contribution in [2.24, 2.45) is 0 Å². The molecule has 0 fully saturated rings. The summed E-state index contributed by atoms with van der Waals surface area (Å²) in [5.74, 6) is -0.321. The number of aromatic nitrogens is 2. The lowest BCUT2D eigenvalue weighted by molar-refractivity contribution is 0.0600. The fourth-order valence-corrected chi connectivity index (χ4v) is 2.67. The lowest BCUT2D eigenvalue weighted by Gasteiger charge is -2.20. The summed E-state index contributed by atoms with van der Waals surface area (Å²) in [5, 5.41) is 2.73. The first-order valence-electron chi connectivity index (χ1n) is 8.76. The van der Waals surface area contributed by atoms with Gasteiger partial charge in [-0.15, -0.1) is 0 Å². The molecule has 0 unspecified atom stereocenters. The van der Waals surface area contributed by atoms with E-state index in [2.05, 4.69) is 20.0 Å². The Bertz CT molecular complexity index is 959. The Balaban J connectivity index is 1.74. The molecular weight excluding hydrogens is 356 g/mol. The fraction of sp³-hybridized carbons (Fsp3) is 0.143. The Labute approximate surface area is 163 Å². The van der Waals surface area contributed by atoms with Crippen molar-refractivity contribution >= 4 is 29.2 Å². The third kappa shape index (κ3) is 4.32. The van der Waals surface area contributed by atoms with Gasteiger partial charge in [0.25, 0.3) is 5.91 Å². The van der Waals surface area contributed by atoms with Crippen LogP contribution in [0.2, 0.25) is 0 Å². The number of hydrogen-bond donors (Lipinski definition) is 1. The summed E-state index contributed by atoms with van der Waals surface area (Å²) in [6.45, 7) is 2.70. The Morgan fingerprint density at radius 3 is 2.36 bits per heavy atom. The third-order valence-corrected chi connectivity index (χ3v) is 4.07. The standard InChI is InChI=1S/C21H20N4O3/c1-3-25(18-10-5-4-6-11-18)21-22-13-16(14-23-21)19(26)24-17-9-7-8-15(12-17)20(27)28-2/h4-14H,3H2,1-2H3,(H,24,26). The number of rotatable bonds is 6. The Morgan fingerprint density at radius 1 is 1.00 bits per heavy atom.